The smallest absolute Gasteiger partial charge is 0.305 e. The summed E-state index contributed by atoms with van der Waals surface area (Å²) in [5.74, 6) is 2.41. The molecule has 8 heteroatoms. The normalized spacial score (nSPS) is 11.5. The van der Waals surface area contributed by atoms with Gasteiger partial charge in [-0.3, -0.25) is 19.2 Å². The van der Waals surface area contributed by atoms with Crippen LogP contribution < -0.4 is 0 Å². The molecule has 0 N–H and O–H groups in total. The van der Waals surface area contributed by atoms with Crippen molar-refractivity contribution < 1.29 is 38.1 Å². The number of methoxy groups -OCH3 is 4. The molecular formula is C109H180O8. The lowest BCUT2D eigenvalue weighted by atomic mass is 9.96. The molecule has 0 fully saturated rings. The molecule has 117 heavy (non-hydrogen) atoms. The fraction of sp³-hybridized carbons (Fsp3) is 0.670. The molecule has 0 bridgehead atoms. The molecule has 8 nitrogen and oxygen atoms in total. The molecule has 0 aliphatic heterocycles. The summed E-state index contributed by atoms with van der Waals surface area (Å²) in [5.41, 5.74) is 0. The second-order valence-electron chi connectivity index (χ2n) is 33.6. The van der Waals surface area contributed by atoms with E-state index in [0.717, 1.165) is 49.9 Å². The van der Waals surface area contributed by atoms with Gasteiger partial charge in [0.25, 0.3) is 0 Å². The molecule has 664 valence electrons. The topological polar surface area (TPSA) is 105 Å². The van der Waals surface area contributed by atoms with Gasteiger partial charge < -0.3 is 18.9 Å². The van der Waals surface area contributed by atoms with Crippen LogP contribution in [0, 0.1) is 17.8 Å². The van der Waals surface area contributed by atoms with E-state index in [0.29, 0.717) is 25.7 Å². The Morgan fingerprint density at radius 3 is 0.504 bits per heavy atom. The first-order valence-corrected chi connectivity index (χ1v) is 48.6. The van der Waals surface area contributed by atoms with Crippen molar-refractivity contribution in [2.24, 2.45) is 17.8 Å². The summed E-state index contributed by atoms with van der Waals surface area (Å²) >= 11 is 0. The molecule has 0 saturated carbocycles. The molecule has 0 spiro atoms. The maximum absolute atomic E-state index is 11.0. The third kappa shape index (κ3) is 75.7. The summed E-state index contributed by atoms with van der Waals surface area (Å²) < 4.78 is 18.6. The highest BCUT2D eigenvalue weighted by atomic mass is 16.5. The van der Waals surface area contributed by atoms with Crippen molar-refractivity contribution >= 4 is 56.2 Å². The zero-order valence-corrected chi connectivity index (χ0v) is 77.7. The van der Waals surface area contributed by atoms with Gasteiger partial charge in [-0.05, 0) is 101 Å². The second kappa shape index (κ2) is 87.5. The Bertz CT molecular complexity index is 2650. The number of hydrogen-bond donors (Lipinski definition) is 0. The molecule has 6 aromatic carbocycles. The molecule has 0 radical (unpaired) electrons. The minimum atomic E-state index is -0.0763. The van der Waals surface area contributed by atoms with E-state index in [1.54, 1.807) is 0 Å². The lowest BCUT2D eigenvalue weighted by Crippen LogP contribution is -1.99. The first-order chi connectivity index (χ1) is 57.3. The number of hydrogen-bond acceptors (Lipinski definition) is 8. The Hall–Kier alpha value is -6.28. The summed E-state index contributed by atoms with van der Waals surface area (Å²) in [6, 6.07) is 50.1. The summed E-state index contributed by atoms with van der Waals surface area (Å²) in [5, 5.41) is 7.86. The van der Waals surface area contributed by atoms with Crippen LogP contribution in [0.3, 0.4) is 0 Å². The standard InChI is InChI=1S/3C20H40O2.C19H36O2.3C10H8/c3*1-4-5-6-7-8-10-13-16-19(2)17-14-11-9-12-15-18-20(21)22-3;1-3-4-5-6-7-8-9-10-11-12-13-14-15-16-17-18-19(20)21-2;3*1-2-6-10-8-4-3-7-9(10)5-1/h3*19H,4-18H2,1-3H3;10-11H,3-9,12-18H2,1-2H3;3*1-8H/b;;;11-10-;;;. The van der Waals surface area contributed by atoms with Gasteiger partial charge in [0.05, 0.1) is 28.4 Å². The zero-order chi connectivity index (χ0) is 85.4. The fourth-order valence-electron chi connectivity index (χ4n) is 14.8. The maximum Gasteiger partial charge on any atom is 0.305 e. The van der Waals surface area contributed by atoms with Crippen molar-refractivity contribution in [3.63, 3.8) is 0 Å². The van der Waals surface area contributed by atoms with E-state index in [2.05, 4.69) is 225 Å². The highest BCUT2D eigenvalue weighted by Crippen LogP contribution is 2.24. The van der Waals surface area contributed by atoms with Crippen LogP contribution in [-0.2, 0) is 38.1 Å². The van der Waals surface area contributed by atoms with Gasteiger partial charge in [0.15, 0.2) is 0 Å². The zero-order valence-electron chi connectivity index (χ0n) is 77.7. The van der Waals surface area contributed by atoms with Gasteiger partial charge >= 0.3 is 23.9 Å². The molecule has 3 unspecified atom stereocenters. The number of ether oxygens (including phenoxy) is 4. The quantitative estimate of drug-likeness (QED) is 0.0161. The van der Waals surface area contributed by atoms with E-state index >= 15 is 0 Å². The molecule has 0 amide bonds. The average Bonchev–Trinajstić information content (AvgIpc) is 0.885. The van der Waals surface area contributed by atoms with E-state index in [4.69, 9.17) is 0 Å². The van der Waals surface area contributed by atoms with Gasteiger partial charge in [-0.15, -0.1) is 0 Å². The van der Waals surface area contributed by atoms with Crippen LogP contribution >= 0.6 is 0 Å². The van der Waals surface area contributed by atoms with E-state index in [9.17, 15) is 19.2 Å². The molecule has 3 atom stereocenters. The summed E-state index contributed by atoms with van der Waals surface area (Å²) in [6.45, 7) is 16.3. The van der Waals surface area contributed by atoms with Crippen molar-refractivity contribution in [1.82, 2.24) is 0 Å². The number of esters is 4. The Morgan fingerprint density at radius 1 is 0.214 bits per heavy atom. The van der Waals surface area contributed by atoms with Crippen LogP contribution in [0.5, 0.6) is 0 Å². The van der Waals surface area contributed by atoms with Crippen molar-refractivity contribution in [2.75, 3.05) is 28.4 Å². The van der Waals surface area contributed by atoms with Crippen molar-refractivity contribution in [1.29, 1.82) is 0 Å². The van der Waals surface area contributed by atoms with Crippen molar-refractivity contribution in [3.05, 3.63) is 158 Å². The van der Waals surface area contributed by atoms with E-state index in [-0.39, 0.29) is 23.9 Å². The lowest BCUT2D eigenvalue weighted by molar-refractivity contribution is -0.141. The average molecular weight is 1620 g/mol. The van der Waals surface area contributed by atoms with Gasteiger partial charge in [0.1, 0.15) is 0 Å². The Labute approximate surface area is 721 Å². The highest BCUT2D eigenvalue weighted by molar-refractivity contribution is 5.83. The minimum Gasteiger partial charge on any atom is -0.469 e. The van der Waals surface area contributed by atoms with Gasteiger partial charge in [-0.1, -0.05) is 508 Å². The SMILES string of the molecule is CCCCCCCC/C=C\CCCCCCCC(=O)OC.CCCCCCCCCC(C)CCCCCCCC(=O)OC.CCCCCCCCCC(C)CCCCCCCC(=O)OC.CCCCCCCCCC(C)CCCCCCCC(=O)OC.c1ccc2ccccc2c1.c1ccc2ccccc2c1.c1ccc2ccccc2c1. The second-order valence-corrected chi connectivity index (χ2v) is 33.6. The van der Waals surface area contributed by atoms with Crippen molar-refractivity contribution in [2.45, 2.75) is 427 Å². The lowest BCUT2D eigenvalue weighted by Gasteiger charge is -2.11. The third-order valence-electron chi connectivity index (χ3n) is 22.7. The van der Waals surface area contributed by atoms with Crippen molar-refractivity contribution in [3.8, 4) is 0 Å². The number of unbranched alkanes of at least 4 members (excludes halogenated alkanes) is 41. The number of rotatable bonds is 63. The van der Waals surface area contributed by atoms with Crippen LogP contribution in [-0.4, -0.2) is 52.3 Å². The number of benzene rings is 6. The molecule has 6 rings (SSSR count). The summed E-state index contributed by atoms with van der Waals surface area (Å²) in [4.78, 5) is 43.8. The molecular weight excluding hydrogens is 1440 g/mol. The molecule has 0 aromatic heterocycles. The first kappa shape index (κ1) is 111. The van der Waals surface area contributed by atoms with E-state index < -0.39 is 0 Å². The van der Waals surface area contributed by atoms with E-state index in [1.165, 1.54) is 382 Å². The van der Waals surface area contributed by atoms with Crippen LogP contribution in [0.15, 0.2) is 158 Å². The van der Waals surface area contributed by atoms with E-state index in [1.807, 2.05) is 0 Å². The summed E-state index contributed by atoms with van der Waals surface area (Å²) in [7, 11) is 5.86. The monoisotopic (exact) mass is 1620 g/mol. The van der Waals surface area contributed by atoms with Crippen LogP contribution in [0.1, 0.15) is 427 Å². The molecule has 0 heterocycles. The van der Waals surface area contributed by atoms with Crippen LogP contribution in [0.2, 0.25) is 0 Å². The highest BCUT2D eigenvalue weighted by Gasteiger charge is 2.08. The van der Waals surface area contributed by atoms with Gasteiger partial charge in [0.2, 0.25) is 0 Å². The van der Waals surface area contributed by atoms with Gasteiger partial charge in [-0.2, -0.15) is 0 Å². The number of allylic oxidation sites excluding steroid dienone is 2. The van der Waals surface area contributed by atoms with Crippen LogP contribution in [0.25, 0.3) is 32.3 Å². The Balaban J connectivity index is 0.00000137. The Morgan fingerprint density at radius 2 is 0.350 bits per heavy atom. The van der Waals surface area contributed by atoms with Gasteiger partial charge in [0, 0.05) is 25.7 Å². The third-order valence-corrected chi connectivity index (χ3v) is 22.7. The number of carbonyl (C=O) groups is 4. The van der Waals surface area contributed by atoms with Gasteiger partial charge in [-0.25, -0.2) is 0 Å². The molecule has 0 saturated heterocycles. The maximum atomic E-state index is 11.0. The molecule has 0 aliphatic rings. The Kier molecular flexibility index (Phi) is 82.8. The largest absolute Gasteiger partial charge is 0.469 e. The summed E-state index contributed by atoms with van der Waals surface area (Å²) in [6.07, 6.45) is 80.2. The first-order valence-electron chi connectivity index (χ1n) is 48.6. The number of fused-ring (bicyclic) bond motifs is 3. The fourth-order valence-corrected chi connectivity index (χ4v) is 14.8. The predicted octanol–water partition coefficient (Wildman–Crippen LogP) is 34.7. The van der Waals surface area contributed by atoms with Crippen LogP contribution in [0.4, 0.5) is 0 Å². The molecule has 6 aromatic rings. The number of carbonyl (C=O) groups excluding carboxylic acids is 4. The molecule has 0 aliphatic carbocycles. The predicted molar refractivity (Wildman–Crippen MR) is 512 cm³/mol. The minimum absolute atomic E-state index is 0.0664.